The zero-order valence-electron chi connectivity index (χ0n) is 18.8. The second-order valence-electron chi connectivity index (χ2n) is 7.24. The zero-order chi connectivity index (χ0) is 23.4. The second-order valence-corrected chi connectivity index (χ2v) is 7.24. The molecule has 180 valence electrons. The molecule has 0 amide bonds. The fraction of sp³-hybridized carbons (Fsp3) is 0.348. The van der Waals surface area contributed by atoms with Crippen LogP contribution in [0, 0.1) is 0 Å². The number of nitrogens with two attached hydrogens (primary N) is 1. The molecule has 1 aromatic heterocycles. The van der Waals surface area contributed by atoms with E-state index in [-0.39, 0.29) is 6.79 Å². The molecule has 2 heterocycles. The van der Waals surface area contributed by atoms with Crippen LogP contribution < -0.4 is 31.2 Å². The van der Waals surface area contributed by atoms with Gasteiger partial charge in [0, 0.05) is 30.9 Å². The van der Waals surface area contributed by atoms with Gasteiger partial charge in [-0.1, -0.05) is 30.3 Å². The molecule has 5 N–H and O–H groups in total. The Morgan fingerprint density at radius 1 is 0.794 bits per heavy atom. The number of nitrogens with zero attached hydrogens (tertiary/aromatic N) is 3. The number of anilines is 4. The lowest BCUT2D eigenvalue weighted by Gasteiger charge is -2.12. The first-order valence-electron chi connectivity index (χ1n) is 11.1. The van der Waals surface area contributed by atoms with Crippen molar-refractivity contribution in [2.24, 2.45) is 5.73 Å². The molecule has 0 aliphatic carbocycles. The van der Waals surface area contributed by atoms with Gasteiger partial charge in [-0.05, 0) is 18.2 Å². The van der Waals surface area contributed by atoms with Crippen molar-refractivity contribution in [3.63, 3.8) is 0 Å². The van der Waals surface area contributed by atoms with Gasteiger partial charge in [-0.3, -0.25) is 0 Å². The van der Waals surface area contributed by atoms with Crippen LogP contribution in [0.3, 0.4) is 0 Å². The first kappa shape index (κ1) is 23.5. The summed E-state index contributed by atoms with van der Waals surface area (Å²) in [5.74, 6) is 2.73. The first-order valence-corrected chi connectivity index (χ1v) is 11.1. The minimum atomic E-state index is 0.221. The topological polar surface area (TPSA) is 138 Å². The van der Waals surface area contributed by atoms with Crippen molar-refractivity contribution < 1.29 is 18.9 Å². The molecular formula is C23H29N7O4. The van der Waals surface area contributed by atoms with E-state index in [9.17, 15) is 0 Å². The van der Waals surface area contributed by atoms with Crippen LogP contribution in [0.25, 0.3) is 0 Å². The third-order valence-electron chi connectivity index (χ3n) is 4.74. The molecule has 2 aromatic carbocycles. The van der Waals surface area contributed by atoms with Crippen molar-refractivity contribution in [3.05, 3.63) is 54.1 Å². The van der Waals surface area contributed by atoms with Gasteiger partial charge < -0.3 is 40.6 Å². The Hall–Kier alpha value is -3.67. The minimum Gasteiger partial charge on any atom is -0.454 e. The van der Waals surface area contributed by atoms with Crippen molar-refractivity contribution >= 4 is 23.5 Å². The maximum Gasteiger partial charge on any atom is 0.233 e. The zero-order valence-corrected chi connectivity index (χ0v) is 18.8. The summed E-state index contributed by atoms with van der Waals surface area (Å²) in [5.41, 5.74) is 7.21. The molecule has 0 saturated heterocycles. The molecule has 0 fully saturated rings. The average molecular weight is 468 g/mol. The normalized spacial score (nSPS) is 11.9. The first-order chi connectivity index (χ1) is 16.8. The lowest BCUT2D eigenvalue weighted by atomic mass is 10.2. The third-order valence-corrected chi connectivity index (χ3v) is 4.74. The Morgan fingerprint density at radius 2 is 1.56 bits per heavy atom. The van der Waals surface area contributed by atoms with Gasteiger partial charge in [0.05, 0.1) is 26.4 Å². The molecule has 0 saturated carbocycles. The summed E-state index contributed by atoms with van der Waals surface area (Å²) in [5, 5.41) is 9.64. The van der Waals surface area contributed by atoms with Crippen LogP contribution in [0.5, 0.6) is 11.5 Å². The number of para-hydroxylation sites is 2. The smallest absolute Gasteiger partial charge is 0.233 e. The van der Waals surface area contributed by atoms with Crippen LogP contribution in [0.15, 0.2) is 48.5 Å². The summed E-state index contributed by atoms with van der Waals surface area (Å²) >= 11 is 0. The monoisotopic (exact) mass is 467 g/mol. The quantitative estimate of drug-likeness (QED) is 0.260. The van der Waals surface area contributed by atoms with E-state index in [2.05, 4.69) is 30.9 Å². The van der Waals surface area contributed by atoms with Crippen LogP contribution in [0.1, 0.15) is 5.56 Å². The fourth-order valence-corrected chi connectivity index (χ4v) is 3.18. The van der Waals surface area contributed by atoms with Crippen LogP contribution >= 0.6 is 0 Å². The summed E-state index contributed by atoms with van der Waals surface area (Å²) in [6.45, 7) is 3.75. The van der Waals surface area contributed by atoms with E-state index in [0.29, 0.717) is 63.9 Å². The van der Waals surface area contributed by atoms with Gasteiger partial charge in [0.2, 0.25) is 24.6 Å². The van der Waals surface area contributed by atoms with Crippen LogP contribution in [0.2, 0.25) is 0 Å². The van der Waals surface area contributed by atoms with Crippen LogP contribution in [-0.4, -0.2) is 61.3 Å². The third kappa shape index (κ3) is 6.91. The Labute approximate surface area is 198 Å². The van der Waals surface area contributed by atoms with Gasteiger partial charge in [-0.15, -0.1) is 0 Å². The Morgan fingerprint density at radius 3 is 2.38 bits per heavy atom. The second kappa shape index (κ2) is 12.5. The van der Waals surface area contributed by atoms with Gasteiger partial charge >= 0.3 is 0 Å². The molecule has 4 rings (SSSR count). The highest BCUT2D eigenvalue weighted by Gasteiger charge is 2.17. The van der Waals surface area contributed by atoms with Gasteiger partial charge in [-0.2, -0.15) is 15.0 Å². The number of nitrogens with one attached hydrogen (secondary N) is 3. The van der Waals surface area contributed by atoms with E-state index in [0.717, 1.165) is 22.7 Å². The van der Waals surface area contributed by atoms with Crippen molar-refractivity contribution in [3.8, 4) is 11.5 Å². The molecule has 3 aromatic rings. The predicted octanol–water partition coefficient (Wildman–Crippen LogP) is 2.36. The van der Waals surface area contributed by atoms with Gasteiger partial charge in [-0.25, -0.2) is 0 Å². The summed E-state index contributed by atoms with van der Waals surface area (Å²) in [4.78, 5) is 13.5. The van der Waals surface area contributed by atoms with E-state index in [1.807, 2.05) is 48.5 Å². The predicted molar refractivity (Wildman–Crippen MR) is 129 cm³/mol. The summed E-state index contributed by atoms with van der Waals surface area (Å²) < 4.78 is 21.9. The van der Waals surface area contributed by atoms with Crippen molar-refractivity contribution in [2.45, 2.75) is 6.54 Å². The molecule has 1 aliphatic rings. The average Bonchev–Trinajstić information content (AvgIpc) is 3.35. The molecule has 11 heteroatoms. The van der Waals surface area contributed by atoms with Gasteiger partial charge in [0.1, 0.15) is 0 Å². The summed E-state index contributed by atoms with van der Waals surface area (Å²) in [7, 11) is 0. The Bertz CT molecular complexity index is 1040. The number of aromatic nitrogens is 3. The molecule has 34 heavy (non-hydrogen) atoms. The highest BCUT2D eigenvalue weighted by Crippen LogP contribution is 2.35. The van der Waals surface area contributed by atoms with Crippen molar-refractivity contribution in [2.75, 3.05) is 62.3 Å². The summed E-state index contributed by atoms with van der Waals surface area (Å²) in [6, 6.07) is 15.5. The maximum absolute atomic E-state index is 5.58. The van der Waals surface area contributed by atoms with Gasteiger partial charge in [0.15, 0.2) is 11.5 Å². The number of rotatable bonds is 14. The number of hydrogen-bond acceptors (Lipinski definition) is 11. The standard InChI is InChI=1S/C23H29N7O4/c24-9-11-31-13-14-32-12-10-25-21-28-22(30-23(29-21)27-18-6-2-1-3-7-18)26-15-17-5-4-8-19-20(17)34-16-33-19/h1-8H,9-16,24H2,(H3,25,26,27,28,29,30). The Kier molecular flexibility index (Phi) is 8.66. The fourth-order valence-electron chi connectivity index (χ4n) is 3.18. The molecule has 11 nitrogen and oxygen atoms in total. The molecule has 1 aliphatic heterocycles. The van der Waals surface area contributed by atoms with Gasteiger partial charge in [0.25, 0.3) is 0 Å². The SMILES string of the molecule is NCCOCCOCCNc1nc(NCc2cccc3c2OCO3)nc(Nc2ccccc2)n1. The molecule has 0 atom stereocenters. The van der Waals surface area contributed by atoms with Crippen LogP contribution in [-0.2, 0) is 16.0 Å². The molecule has 0 radical (unpaired) electrons. The maximum atomic E-state index is 5.58. The highest BCUT2D eigenvalue weighted by molar-refractivity contribution is 5.55. The minimum absolute atomic E-state index is 0.221. The van der Waals surface area contributed by atoms with Crippen LogP contribution in [0.4, 0.5) is 23.5 Å². The molecule has 0 unspecified atom stereocenters. The lowest BCUT2D eigenvalue weighted by Crippen LogP contribution is -2.17. The van der Waals surface area contributed by atoms with Crippen molar-refractivity contribution in [1.82, 2.24) is 15.0 Å². The molecule has 0 bridgehead atoms. The number of hydrogen-bond donors (Lipinski definition) is 4. The number of fused-ring (bicyclic) bond motifs is 1. The van der Waals surface area contributed by atoms with E-state index in [1.54, 1.807) is 0 Å². The largest absolute Gasteiger partial charge is 0.454 e. The lowest BCUT2D eigenvalue weighted by molar-refractivity contribution is 0.0547. The molecule has 0 spiro atoms. The van der Waals surface area contributed by atoms with E-state index < -0.39 is 0 Å². The van der Waals surface area contributed by atoms with E-state index in [1.165, 1.54) is 0 Å². The van der Waals surface area contributed by atoms with E-state index >= 15 is 0 Å². The van der Waals surface area contributed by atoms with E-state index in [4.69, 9.17) is 24.7 Å². The number of benzene rings is 2. The highest BCUT2D eigenvalue weighted by atomic mass is 16.7. The Balaban J connectivity index is 1.38. The molecular weight excluding hydrogens is 438 g/mol. The van der Waals surface area contributed by atoms with Crippen molar-refractivity contribution in [1.29, 1.82) is 0 Å². The number of ether oxygens (including phenoxy) is 4. The summed E-state index contributed by atoms with van der Waals surface area (Å²) in [6.07, 6.45) is 0.